The van der Waals surface area contributed by atoms with E-state index in [4.69, 9.17) is 15.2 Å². The van der Waals surface area contributed by atoms with Crippen molar-refractivity contribution in [3.63, 3.8) is 0 Å². The first-order chi connectivity index (χ1) is 15.6. The summed E-state index contributed by atoms with van der Waals surface area (Å²) in [5.74, 6) is 1.53. The zero-order valence-corrected chi connectivity index (χ0v) is 19.2. The molecule has 0 spiro atoms. The van der Waals surface area contributed by atoms with Crippen molar-refractivity contribution in [3.05, 3.63) is 112 Å². The minimum atomic E-state index is -0.171. The second-order valence-electron chi connectivity index (χ2n) is 7.09. The summed E-state index contributed by atoms with van der Waals surface area (Å²) in [7, 11) is 3.17. The Hall–Kier alpha value is -3.38. The Kier molecular flexibility index (Phi) is 8.63. The molecule has 3 N–H and O–H groups in total. The minimum Gasteiger partial charge on any atom is -0.501 e. The van der Waals surface area contributed by atoms with Crippen LogP contribution in [-0.2, 0) is 20.7 Å². The van der Waals surface area contributed by atoms with Crippen LogP contribution in [0.5, 0.6) is 0 Å². The smallest absolute Gasteiger partial charge is 0.251 e. The third kappa shape index (κ3) is 6.56. The van der Waals surface area contributed by atoms with E-state index in [1.54, 1.807) is 26.4 Å². The van der Waals surface area contributed by atoms with Gasteiger partial charge in [0.05, 0.1) is 20.1 Å². The van der Waals surface area contributed by atoms with Crippen LogP contribution in [0.15, 0.2) is 101 Å². The standard InChI is InChI=1S/C26H28N2O3S/c1-30-22-14-13-21(16-23(17-22)31-2)26(29)28-18-32-24(15-19-9-5-3-6-10-19)25(27)20-11-7-4-8-12-20/h3-13,16-17H,14-15,18,27H2,1-2H3,(H,28,29)/b25-24-. The van der Waals surface area contributed by atoms with Crippen molar-refractivity contribution in [1.82, 2.24) is 5.32 Å². The Labute approximate surface area is 193 Å². The number of nitrogens with two attached hydrogens (primary N) is 1. The van der Waals surface area contributed by atoms with E-state index in [2.05, 4.69) is 17.4 Å². The highest BCUT2D eigenvalue weighted by molar-refractivity contribution is 8.03. The minimum absolute atomic E-state index is 0.171. The van der Waals surface area contributed by atoms with Gasteiger partial charge in [-0.1, -0.05) is 66.7 Å². The number of rotatable bonds is 9. The summed E-state index contributed by atoms with van der Waals surface area (Å²) < 4.78 is 10.6. The van der Waals surface area contributed by atoms with E-state index >= 15 is 0 Å². The van der Waals surface area contributed by atoms with Crippen LogP contribution in [-0.4, -0.2) is 26.0 Å². The predicted molar refractivity (Wildman–Crippen MR) is 131 cm³/mol. The third-order valence-corrected chi connectivity index (χ3v) is 5.96. The van der Waals surface area contributed by atoms with Crippen LogP contribution in [0.25, 0.3) is 5.70 Å². The predicted octanol–water partition coefficient (Wildman–Crippen LogP) is 4.75. The number of nitrogens with one attached hydrogen (secondary N) is 1. The lowest BCUT2D eigenvalue weighted by Gasteiger charge is -2.13. The van der Waals surface area contributed by atoms with Gasteiger partial charge in [0, 0.05) is 35.1 Å². The maximum Gasteiger partial charge on any atom is 0.251 e. The van der Waals surface area contributed by atoms with E-state index in [0.29, 0.717) is 30.1 Å². The fourth-order valence-electron chi connectivity index (χ4n) is 3.18. The Morgan fingerprint density at radius 2 is 1.69 bits per heavy atom. The molecule has 0 fully saturated rings. The van der Waals surface area contributed by atoms with Gasteiger partial charge in [-0.15, -0.1) is 11.8 Å². The van der Waals surface area contributed by atoms with Gasteiger partial charge in [0.1, 0.15) is 11.5 Å². The molecule has 166 valence electrons. The van der Waals surface area contributed by atoms with E-state index in [9.17, 15) is 4.79 Å². The lowest BCUT2D eigenvalue weighted by atomic mass is 10.1. The summed E-state index contributed by atoms with van der Waals surface area (Å²) in [5, 5.41) is 2.98. The molecular weight excluding hydrogens is 420 g/mol. The first-order valence-corrected chi connectivity index (χ1v) is 11.3. The molecule has 0 unspecified atom stereocenters. The van der Waals surface area contributed by atoms with Crippen molar-refractivity contribution in [2.75, 3.05) is 20.1 Å². The van der Waals surface area contributed by atoms with Crippen LogP contribution >= 0.6 is 11.8 Å². The van der Waals surface area contributed by atoms with Gasteiger partial charge in [-0.2, -0.15) is 0 Å². The third-order valence-electron chi connectivity index (χ3n) is 4.96. The maximum atomic E-state index is 12.8. The van der Waals surface area contributed by atoms with Crippen molar-refractivity contribution >= 4 is 23.4 Å². The van der Waals surface area contributed by atoms with Gasteiger partial charge < -0.3 is 20.5 Å². The van der Waals surface area contributed by atoms with Gasteiger partial charge in [-0.25, -0.2) is 0 Å². The molecule has 5 nitrogen and oxygen atoms in total. The number of carbonyl (C=O) groups is 1. The number of hydrogen-bond acceptors (Lipinski definition) is 5. The van der Waals surface area contributed by atoms with Gasteiger partial charge in [0.25, 0.3) is 5.91 Å². The molecule has 0 aliphatic heterocycles. The first kappa shape index (κ1) is 23.3. The number of allylic oxidation sites excluding steroid dienone is 3. The summed E-state index contributed by atoms with van der Waals surface area (Å²) in [5.41, 5.74) is 9.91. The molecule has 1 amide bonds. The molecule has 0 saturated heterocycles. The lowest BCUT2D eigenvalue weighted by molar-refractivity contribution is -0.116. The molecule has 1 aliphatic carbocycles. The zero-order valence-electron chi connectivity index (χ0n) is 18.3. The van der Waals surface area contributed by atoms with Crippen molar-refractivity contribution in [1.29, 1.82) is 0 Å². The van der Waals surface area contributed by atoms with Crippen LogP contribution < -0.4 is 11.1 Å². The van der Waals surface area contributed by atoms with Gasteiger partial charge >= 0.3 is 0 Å². The van der Waals surface area contributed by atoms with E-state index in [0.717, 1.165) is 27.5 Å². The summed E-state index contributed by atoms with van der Waals surface area (Å²) in [6, 6.07) is 20.1. The van der Waals surface area contributed by atoms with Crippen LogP contribution in [0.2, 0.25) is 0 Å². The Morgan fingerprint density at radius 1 is 1.00 bits per heavy atom. The molecule has 0 saturated carbocycles. The van der Waals surface area contributed by atoms with Gasteiger partial charge in [0.15, 0.2) is 0 Å². The summed E-state index contributed by atoms with van der Waals surface area (Å²) in [6.07, 6.45) is 6.55. The second kappa shape index (κ2) is 11.9. The Bertz CT molecular complexity index is 1040. The molecule has 1 aliphatic rings. The van der Waals surface area contributed by atoms with E-state index in [1.807, 2.05) is 54.6 Å². The normalized spacial score (nSPS) is 14.2. The van der Waals surface area contributed by atoms with Crippen LogP contribution in [0.4, 0.5) is 0 Å². The molecule has 0 heterocycles. The largest absolute Gasteiger partial charge is 0.501 e. The number of thioether (sulfide) groups is 1. The number of ether oxygens (including phenoxy) is 2. The number of amides is 1. The zero-order chi connectivity index (χ0) is 22.8. The molecule has 3 rings (SSSR count). The molecule has 6 heteroatoms. The number of carbonyl (C=O) groups excluding carboxylic acids is 1. The highest BCUT2D eigenvalue weighted by atomic mass is 32.2. The van der Waals surface area contributed by atoms with E-state index < -0.39 is 0 Å². The van der Waals surface area contributed by atoms with Crippen molar-refractivity contribution < 1.29 is 14.3 Å². The second-order valence-corrected chi connectivity index (χ2v) is 8.16. The average molecular weight is 449 g/mol. The molecular formula is C26H28N2O3S. The van der Waals surface area contributed by atoms with Crippen molar-refractivity contribution in [2.45, 2.75) is 12.8 Å². The highest BCUT2D eigenvalue weighted by Crippen LogP contribution is 2.27. The number of hydrogen-bond donors (Lipinski definition) is 2. The van der Waals surface area contributed by atoms with Crippen LogP contribution in [0, 0.1) is 0 Å². The van der Waals surface area contributed by atoms with Crippen molar-refractivity contribution in [2.24, 2.45) is 5.73 Å². The van der Waals surface area contributed by atoms with E-state index in [1.165, 1.54) is 11.8 Å². The summed E-state index contributed by atoms with van der Waals surface area (Å²) >= 11 is 1.53. The quantitative estimate of drug-likeness (QED) is 0.542. The fourth-order valence-corrected chi connectivity index (χ4v) is 4.09. The average Bonchev–Trinajstić information content (AvgIpc) is 3.06. The van der Waals surface area contributed by atoms with Crippen molar-refractivity contribution in [3.8, 4) is 0 Å². The topological polar surface area (TPSA) is 73.6 Å². The summed E-state index contributed by atoms with van der Waals surface area (Å²) in [4.78, 5) is 13.8. The summed E-state index contributed by atoms with van der Waals surface area (Å²) in [6.45, 7) is 0. The van der Waals surface area contributed by atoms with Crippen LogP contribution in [0.1, 0.15) is 17.5 Å². The fraction of sp³-hybridized carbons (Fsp3) is 0.192. The molecule has 32 heavy (non-hydrogen) atoms. The number of methoxy groups -OCH3 is 2. The van der Waals surface area contributed by atoms with E-state index in [-0.39, 0.29) is 5.91 Å². The molecule has 0 aromatic heterocycles. The maximum absolute atomic E-state index is 12.8. The van der Waals surface area contributed by atoms with Crippen LogP contribution in [0.3, 0.4) is 0 Å². The number of benzene rings is 2. The molecule has 0 radical (unpaired) electrons. The van der Waals surface area contributed by atoms with Gasteiger partial charge in [0.2, 0.25) is 0 Å². The SMILES string of the molecule is COC1=CC(C(=O)NCS/C(Cc2ccccc2)=C(\N)c2ccccc2)=CCC(OC)=C1. The molecule has 0 bridgehead atoms. The highest BCUT2D eigenvalue weighted by Gasteiger charge is 2.14. The Balaban J connectivity index is 1.71. The van der Waals surface area contributed by atoms with Gasteiger partial charge in [-0.3, -0.25) is 4.79 Å². The molecule has 2 aromatic carbocycles. The lowest BCUT2D eigenvalue weighted by Crippen LogP contribution is -2.24. The first-order valence-electron chi connectivity index (χ1n) is 10.3. The molecule has 2 aromatic rings. The monoisotopic (exact) mass is 448 g/mol. The molecule has 0 atom stereocenters. The Morgan fingerprint density at radius 3 is 2.34 bits per heavy atom. The van der Waals surface area contributed by atoms with Gasteiger partial charge in [-0.05, 0) is 17.2 Å².